The average Bonchev–Trinajstić information content (AvgIpc) is 3.46. The van der Waals surface area contributed by atoms with Crippen LogP contribution >= 0.6 is 0 Å². The maximum absolute atomic E-state index is 14.2. The van der Waals surface area contributed by atoms with Crippen LogP contribution in [-0.4, -0.2) is 43.8 Å². The van der Waals surface area contributed by atoms with E-state index >= 15 is 0 Å². The summed E-state index contributed by atoms with van der Waals surface area (Å²) in [6.07, 6.45) is 4.44. The van der Waals surface area contributed by atoms with E-state index in [9.17, 15) is 18.0 Å². The van der Waals surface area contributed by atoms with Crippen molar-refractivity contribution in [1.29, 1.82) is 0 Å². The highest BCUT2D eigenvalue weighted by Crippen LogP contribution is 2.26. The van der Waals surface area contributed by atoms with E-state index in [1.54, 1.807) is 35.2 Å². The van der Waals surface area contributed by atoms with Gasteiger partial charge >= 0.3 is 0 Å². The van der Waals surface area contributed by atoms with Gasteiger partial charge in [0.1, 0.15) is 12.6 Å². The van der Waals surface area contributed by atoms with E-state index in [1.807, 2.05) is 57.2 Å². The molecule has 3 aromatic carbocycles. The summed E-state index contributed by atoms with van der Waals surface area (Å²) >= 11 is 0. The Bertz CT molecular complexity index is 1400. The van der Waals surface area contributed by atoms with E-state index in [-0.39, 0.29) is 23.4 Å². The minimum atomic E-state index is -4.06. The Kier molecular flexibility index (Phi) is 9.63. The van der Waals surface area contributed by atoms with Gasteiger partial charge in [0.05, 0.1) is 10.6 Å². The van der Waals surface area contributed by atoms with Crippen molar-refractivity contribution in [3.05, 3.63) is 95.6 Å². The zero-order valence-electron chi connectivity index (χ0n) is 23.5. The molecule has 0 spiro atoms. The molecular weight excluding hydrogens is 522 g/mol. The first kappa shape index (κ1) is 29.3. The molecule has 0 heterocycles. The van der Waals surface area contributed by atoms with Crippen molar-refractivity contribution < 1.29 is 18.0 Å². The molecule has 1 aliphatic carbocycles. The van der Waals surface area contributed by atoms with Crippen molar-refractivity contribution in [3.63, 3.8) is 0 Å². The largest absolute Gasteiger partial charge is 0.352 e. The number of hydrogen-bond acceptors (Lipinski definition) is 4. The summed E-state index contributed by atoms with van der Waals surface area (Å²) in [7, 11) is -4.06. The fourth-order valence-corrected chi connectivity index (χ4v) is 6.65. The number of anilines is 1. The van der Waals surface area contributed by atoms with Crippen LogP contribution in [0.25, 0.3) is 0 Å². The summed E-state index contributed by atoms with van der Waals surface area (Å²) in [5, 5.41) is 3.15. The molecule has 0 saturated heterocycles. The number of sulfonamides is 1. The van der Waals surface area contributed by atoms with Crippen LogP contribution in [0.2, 0.25) is 0 Å². The Hall–Kier alpha value is -3.65. The van der Waals surface area contributed by atoms with Gasteiger partial charge in [-0.1, -0.05) is 79.9 Å². The maximum Gasteiger partial charge on any atom is 0.264 e. The third-order valence-electron chi connectivity index (χ3n) is 7.62. The van der Waals surface area contributed by atoms with Crippen LogP contribution in [0.1, 0.15) is 55.7 Å². The van der Waals surface area contributed by atoms with Crippen molar-refractivity contribution in [2.24, 2.45) is 0 Å². The number of benzene rings is 3. The van der Waals surface area contributed by atoms with Gasteiger partial charge in [-0.3, -0.25) is 13.9 Å². The van der Waals surface area contributed by atoms with Gasteiger partial charge < -0.3 is 10.2 Å². The number of carbonyl (C=O) groups excluding carboxylic acids is 2. The van der Waals surface area contributed by atoms with Crippen molar-refractivity contribution in [2.75, 3.05) is 10.8 Å². The number of nitrogens with zero attached hydrogens (tertiary/aromatic N) is 2. The minimum Gasteiger partial charge on any atom is -0.352 e. The summed E-state index contributed by atoms with van der Waals surface area (Å²) in [4.78, 5) is 29.3. The van der Waals surface area contributed by atoms with Gasteiger partial charge in [-0.05, 0) is 68.5 Å². The molecule has 0 bridgehead atoms. The van der Waals surface area contributed by atoms with Gasteiger partial charge in [0, 0.05) is 12.6 Å². The second-order valence-corrected chi connectivity index (χ2v) is 12.4. The predicted molar refractivity (Wildman–Crippen MR) is 158 cm³/mol. The first-order chi connectivity index (χ1) is 19.2. The lowest BCUT2D eigenvalue weighted by atomic mass is 10.1. The standard InChI is InChI=1S/C32H39N3O4S/c1-4-30(32(37)33-27-14-10-11-15-27)34(22-26-13-9-8-12-25(26)3)31(36)23-35(28-20-18-24(2)19-21-28)40(38,39)29-16-6-5-7-17-29/h5-9,12-13,16-21,27,30H,4,10-11,14-15,22-23H2,1-3H3,(H,33,37). The van der Waals surface area contributed by atoms with Gasteiger partial charge in [0.15, 0.2) is 0 Å². The van der Waals surface area contributed by atoms with Gasteiger partial charge in [-0.2, -0.15) is 0 Å². The molecule has 3 aromatic rings. The van der Waals surface area contributed by atoms with Gasteiger partial charge in [0.2, 0.25) is 11.8 Å². The van der Waals surface area contributed by atoms with Crippen LogP contribution in [0.5, 0.6) is 0 Å². The Labute approximate surface area is 238 Å². The number of nitrogens with one attached hydrogen (secondary N) is 1. The lowest BCUT2D eigenvalue weighted by molar-refractivity contribution is -0.140. The summed E-state index contributed by atoms with van der Waals surface area (Å²) < 4.78 is 28.9. The van der Waals surface area contributed by atoms with Crippen molar-refractivity contribution in [3.8, 4) is 0 Å². The number of hydrogen-bond donors (Lipinski definition) is 1. The topological polar surface area (TPSA) is 86.8 Å². The predicted octanol–water partition coefficient (Wildman–Crippen LogP) is 5.36. The van der Waals surface area contributed by atoms with Crippen LogP contribution in [0.3, 0.4) is 0 Å². The number of rotatable bonds is 11. The molecule has 1 aliphatic rings. The summed E-state index contributed by atoms with van der Waals surface area (Å²) in [5.74, 6) is -0.624. The first-order valence-corrected chi connectivity index (χ1v) is 15.4. The highest BCUT2D eigenvalue weighted by molar-refractivity contribution is 7.92. The molecule has 2 amide bonds. The zero-order valence-corrected chi connectivity index (χ0v) is 24.4. The van der Waals surface area contributed by atoms with E-state index in [1.165, 1.54) is 12.1 Å². The maximum atomic E-state index is 14.2. The molecule has 0 aromatic heterocycles. The molecule has 40 heavy (non-hydrogen) atoms. The molecule has 1 saturated carbocycles. The zero-order chi connectivity index (χ0) is 28.7. The van der Waals surface area contributed by atoms with Gasteiger partial charge in [0.25, 0.3) is 10.0 Å². The third-order valence-corrected chi connectivity index (χ3v) is 9.41. The van der Waals surface area contributed by atoms with E-state index < -0.39 is 28.5 Å². The highest BCUT2D eigenvalue weighted by Gasteiger charge is 2.34. The van der Waals surface area contributed by atoms with Crippen LogP contribution in [0, 0.1) is 13.8 Å². The van der Waals surface area contributed by atoms with E-state index in [2.05, 4.69) is 5.32 Å². The molecule has 8 heteroatoms. The summed E-state index contributed by atoms with van der Waals surface area (Å²) in [6.45, 7) is 5.55. The summed E-state index contributed by atoms with van der Waals surface area (Å²) in [5.41, 5.74) is 3.28. The fraction of sp³-hybridized carbons (Fsp3) is 0.375. The monoisotopic (exact) mass is 561 g/mol. The Morgan fingerprint density at radius 1 is 0.900 bits per heavy atom. The normalized spacial score (nSPS) is 14.5. The fourth-order valence-electron chi connectivity index (χ4n) is 5.22. The third kappa shape index (κ3) is 6.91. The number of carbonyl (C=O) groups is 2. The molecule has 1 atom stereocenters. The molecule has 4 rings (SSSR count). The number of aryl methyl sites for hydroxylation is 2. The Morgan fingerprint density at radius 3 is 2.15 bits per heavy atom. The van der Waals surface area contributed by atoms with Crippen LogP contribution in [-0.2, 0) is 26.2 Å². The molecule has 0 aliphatic heterocycles. The SMILES string of the molecule is CCC(C(=O)NC1CCCC1)N(Cc1ccccc1C)C(=O)CN(c1ccc(C)cc1)S(=O)(=O)c1ccccc1. The van der Waals surface area contributed by atoms with Gasteiger partial charge in [-0.25, -0.2) is 8.42 Å². The number of amides is 2. The van der Waals surface area contributed by atoms with Crippen LogP contribution in [0.4, 0.5) is 5.69 Å². The molecule has 212 valence electrons. The molecule has 7 nitrogen and oxygen atoms in total. The summed E-state index contributed by atoms with van der Waals surface area (Å²) in [6, 6.07) is 22.3. The quantitative estimate of drug-likeness (QED) is 0.341. The van der Waals surface area contributed by atoms with E-state index in [0.29, 0.717) is 12.1 Å². The smallest absolute Gasteiger partial charge is 0.264 e. The van der Waals surface area contributed by atoms with E-state index in [0.717, 1.165) is 46.7 Å². The highest BCUT2D eigenvalue weighted by atomic mass is 32.2. The van der Waals surface area contributed by atoms with E-state index in [4.69, 9.17) is 0 Å². The van der Waals surface area contributed by atoms with Crippen LogP contribution in [0.15, 0.2) is 83.8 Å². The van der Waals surface area contributed by atoms with Crippen molar-refractivity contribution in [2.45, 2.75) is 76.4 Å². The Morgan fingerprint density at radius 2 is 1.52 bits per heavy atom. The second-order valence-electron chi connectivity index (χ2n) is 10.5. The van der Waals surface area contributed by atoms with Crippen molar-refractivity contribution >= 4 is 27.5 Å². The van der Waals surface area contributed by atoms with Crippen molar-refractivity contribution in [1.82, 2.24) is 10.2 Å². The minimum absolute atomic E-state index is 0.0971. The lowest BCUT2D eigenvalue weighted by Crippen LogP contribution is -2.53. The molecular formula is C32H39N3O4S. The molecule has 0 radical (unpaired) electrons. The lowest BCUT2D eigenvalue weighted by Gasteiger charge is -2.34. The first-order valence-electron chi connectivity index (χ1n) is 14.0. The van der Waals surface area contributed by atoms with Crippen LogP contribution < -0.4 is 9.62 Å². The molecule has 1 N–H and O–H groups in total. The van der Waals surface area contributed by atoms with Gasteiger partial charge in [-0.15, -0.1) is 0 Å². The average molecular weight is 562 g/mol. The molecule has 1 fully saturated rings. The second kappa shape index (κ2) is 13.1. The Balaban J connectivity index is 1.71. The molecule has 1 unspecified atom stereocenters.